The molecule has 2 N–H and O–H groups in total. The van der Waals surface area contributed by atoms with Gasteiger partial charge in [0.25, 0.3) is 5.91 Å². The third kappa shape index (κ3) is 3.13. The molecule has 1 amide bonds. The maximum Gasteiger partial charge on any atom is 0.256 e. The van der Waals surface area contributed by atoms with Crippen molar-refractivity contribution in [3.8, 4) is 0 Å². The van der Waals surface area contributed by atoms with Crippen LogP contribution >= 0.6 is 11.3 Å². The molecule has 4 rings (SSSR count). The van der Waals surface area contributed by atoms with Crippen LogP contribution in [0.2, 0.25) is 0 Å². The molecule has 0 aromatic carbocycles. The summed E-state index contributed by atoms with van der Waals surface area (Å²) in [6.45, 7) is 4.86. The number of nitrogens with zero attached hydrogens (tertiary/aromatic N) is 2. The van der Waals surface area contributed by atoms with E-state index in [1.807, 2.05) is 24.7 Å². The maximum absolute atomic E-state index is 12.5. The Kier molecular flexibility index (Phi) is 4.18. The molecule has 0 spiro atoms. The first-order valence-corrected chi connectivity index (χ1v) is 9.66. The first kappa shape index (κ1) is 15.8. The largest absolute Gasteiger partial charge is 0.319 e. The zero-order chi connectivity index (χ0) is 16.7. The number of hydrogen-bond acceptors (Lipinski definition) is 4. The molecule has 24 heavy (non-hydrogen) atoms. The summed E-state index contributed by atoms with van der Waals surface area (Å²) in [6.07, 6.45) is 8.79. The van der Waals surface area contributed by atoms with Crippen LogP contribution in [-0.2, 0) is 6.54 Å². The normalized spacial score (nSPS) is 23.1. The van der Waals surface area contributed by atoms with E-state index in [0.29, 0.717) is 12.0 Å². The Labute approximate surface area is 146 Å². The first-order chi connectivity index (χ1) is 11.6. The van der Waals surface area contributed by atoms with E-state index in [9.17, 15) is 4.79 Å². The SMILES string of the molecule is CCn1cc(NC(=O)c2cc(C3CC3NC3CCC3)sc2C)cn1. The predicted molar refractivity (Wildman–Crippen MR) is 96.8 cm³/mol. The summed E-state index contributed by atoms with van der Waals surface area (Å²) in [5, 5.41) is 10.9. The fourth-order valence-electron chi connectivity index (χ4n) is 3.28. The van der Waals surface area contributed by atoms with Crippen molar-refractivity contribution >= 4 is 22.9 Å². The van der Waals surface area contributed by atoms with Crippen molar-refractivity contribution in [2.24, 2.45) is 0 Å². The minimum atomic E-state index is -0.0326. The standard InChI is InChI=1S/C18H24N4OS/c1-3-22-10-13(9-19-22)21-18(23)14-8-17(24-11(14)2)15-7-16(15)20-12-5-4-6-12/h8-10,12,15-16,20H,3-7H2,1-2H3,(H,21,23). The molecule has 128 valence electrons. The highest BCUT2D eigenvalue weighted by molar-refractivity contribution is 7.12. The van der Waals surface area contributed by atoms with Crippen molar-refractivity contribution in [2.75, 3.05) is 5.32 Å². The number of hydrogen-bond donors (Lipinski definition) is 2. The van der Waals surface area contributed by atoms with Gasteiger partial charge >= 0.3 is 0 Å². The highest BCUT2D eigenvalue weighted by atomic mass is 32.1. The Balaban J connectivity index is 1.40. The summed E-state index contributed by atoms with van der Waals surface area (Å²) in [4.78, 5) is 15.0. The number of thiophene rings is 1. The highest BCUT2D eigenvalue weighted by Crippen LogP contribution is 2.45. The molecular formula is C18H24N4OS. The second kappa shape index (κ2) is 6.33. The van der Waals surface area contributed by atoms with Crippen molar-refractivity contribution in [3.63, 3.8) is 0 Å². The number of nitrogens with one attached hydrogen (secondary N) is 2. The van der Waals surface area contributed by atoms with Crippen LogP contribution in [0.5, 0.6) is 0 Å². The molecule has 2 unspecified atom stereocenters. The molecule has 6 heteroatoms. The van der Waals surface area contributed by atoms with Gasteiger partial charge in [0.05, 0.1) is 17.4 Å². The fourth-order valence-corrected chi connectivity index (χ4v) is 4.49. The van der Waals surface area contributed by atoms with Gasteiger partial charge in [-0.25, -0.2) is 0 Å². The van der Waals surface area contributed by atoms with E-state index in [-0.39, 0.29) is 5.91 Å². The summed E-state index contributed by atoms with van der Waals surface area (Å²) in [5.74, 6) is 0.563. The zero-order valence-electron chi connectivity index (χ0n) is 14.2. The molecule has 2 aromatic rings. The molecule has 2 aliphatic carbocycles. The van der Waals surface area contributed by atoms with Crippen LogP contribution in [0.4, 0.5) is 5.69 Å². The highest BCUT2D eigenvalue weighted by Gasteiger charge is 2.41. The minimum absolute atomic E-state index is 0.0326. The Morgan fingerprint density at radius 1 is 1.46 bits per heavy atom. The third-order valence-corrected chi connectivity index (χ3v) is 6.29. The van der Waals surface area contributed by atoms with E-state index in [4.69, 9.17) is 0 Å². The van der Waals surface area contributed by atoms with Crippen LogP contribution in [0.1, 0.15) is 58.6 Å². The molecule has 5 nitrogen and oxygen atoms in total. The fraction of sp³-hybridized carbons (Fsp3) is 0.556. The van der Waals surface area contributed by atoms with Gasteiger partial charge in [-0.3, -0.25) is 9.48 Å². The number of aromatic nitrogens is 2. The molecule has 2 aromatic heterocycles. The monoisotopic (exact) mass is 344 g/mol. The van der Waals surface area contributed by atoms with Crippen molar-refractivity contribution in [1.82, 2.24) is 15.1 Å². The van der Waals surface area contributed by atoms with Crippen LogP contribution in [0.25, 0.3) is 0 Å². The van der Waals surface area contributed by atoms with Crippen molar-refractivity contribution in [3.05, 3.63) is 33.8 Å². The molecule has 0 bridgehead atoms. The molecule has 2 saturated carbocycles. The van der Waals surface area contributed by atoms with Gasteiger partial charge in [0, 0.05) is 40.5 Å². The number of aryl methyl sites for hydroxylation is 2. The predicted octanol–water partition coefficient (Wildman–Crippen LogP) is 3.52. The van der Waals surface area contributed by atoms with Crippen LogP contribution in [0.3, 0.4) is 0 Å². The average molecular weight is 344 g/mol. The molecule has 2 heterocycles. The van der Waals surface area contributed by atoms with Crippen molar-refractivity contribution < 1.29 is 4.79 Å². The number of rotatable bonds is 6. The van der Waals surface area contributed by atoms with Gasteiger partial charge in [-0.1, -0.05) is 6.42 Å². The third-order valence-electron chi connectivity index (χ3n) is 5.11. The smallest absolute Gasteiger partial charge is 0.256 e. The van der Waals surface area contributed by atoms with Crippen molar-refractivity contribution in [2.45, 2.75) is 64.1 Å². The Morgan fingerprint density at radius 3 is 2.96 bits per heavy atom. The van der Waals surface area contributed by atoms with Crippen molar-refractivity contribution in [1.29, 1.82) is 0 Å². The van der Waals surface area contributed by atoms with Gasteiger partial charge in [0.15, 0.2) is 0 Å². The molecule has 0 saturated heterocycles. The first-order valence-electron chi connectivity index (χ1n) is 8.84. The molecule has 2 aliphatic rings. The van der Waals surface area contributed by atoms with E-state index in [2.05, 4.69) is 21.8 Å². The topological polar surface area (TPSA) is 59.0 Å². The Hall–Kier alpha value is -1.66. The number of carbonyl (C=O) groups excluding carboxylic acids is 1. The maximum atomic E-state index is 12.5. The van der Waals surface area contributed by atoms with Crippen LogP contribution in [0.15, 0.2) is 18.5 Å². The van der Waals surface area contributed by atoms with E-state index in [1.165, 1.54) is 30.6 Å². The minimum Gasteiger partial charge on any atom is -0.319 e. The molecular weight excluding hydrogens is 320 g/mol. The number of anilines is 1. The number of amides is 1. The lowest BCUT2D eigenvalue weighted by Gasteiger charge is -2.26. The lowest BCUT2D eigenvalue weighted by molar-refractivity contribution is 0.102. The van der Waals surface area contributed by atoms with Crippen LogP contribution < -0.4 is 10.6 Å². The summed E-state index contributed by atoms with van der Waals surface area (Å²) >= 11 is 1.77. The second-order valence-corrected chi connectivity index (χ2v) is 8.19. The lowest BCUT2D eigenvalue weighted by atomic mass is 9.93. The molecule has 0 radical (unpaired) electrons. The van der Waals surface area contributed by atoms with Gasteiger partial charge in [-0.2, -0.15) is 5.10 Å². The lowest BCUT2D eigenvalue weighted by Crippen LogP contribution is -2.37. The summed E-state index contributed by atoms with van der Waals surface area (Å²) in [6, 6.07) is 3.44. The Morgan fingerprint density at radius 2 is 2.29 bits per heavy atom. The number of carbonyl (C=O) groups is 1. The van der Waals surface area contributed by atoms with Gasteiger partial charge in [0.1, 0.15) is 0 Å². The summed E-state index contributed by atoms with van der Waals surface area (Å²) in [7, 11) is 0. The molecule has 0 aliphatic heterocycles. The Bertz CT molecular complexity index is 746. The average Bonchev–Trinajstić information content (AvgIpc) is 2.95. The zero-order valence-corrected chi connectivity index (χ0v) is 15.0. The van der Waals surface area contributed by atoms with Gasteiger partial charge in [-0.15, -0.1) is 11.3 Å². The van der Waals surface area contributed by atoms with Gasteiger partial charge in [0.2, 0.25) is 0 Å². The van der Waals surface area contributed by atoms with Crippen LogP contribution in [-0.4, -0.2) is 27.8 Å². The quantitative estimate of drug-likeness (QED) is 0.843. The summed E-state index contributed by atoms with van der Waals surface area (Å²) in [5.41, 5.74) is 1.55. The van der Waals surface area contributed by atoms with E-state index >= 15 is 0 Å². The summed E-state index contributed by atoms with van der Waals surface area (Å²) < 4.78 is 1.81. The van der Waals surface area contributed by atoms with E-state index in [1.54, 1.807) is 17.5 Å². The second-order valence-electron chi connectivity index (χ2n) is 6.90. The van der Waals surface area contributed by atoms with Crippen LogP contribution in [0, 0.1) is 6.92 Å². The van der Waals surface area contributed by atoms with Gasteiger partial charge < -0.3 is 10.6 Å². The van der Waals surface area contributed by atoms with Gasteiger partial charge in [-0.05, 0) is 39.2 Å². The molecule has 2 atom stereocenters. The van der Waals surface area contributed by atoms with E-state index < -0.39 is 0 Å². The van der Waals surface area contributed by atoms with E-state index in [0.717, 1.165) is 28.7 Å². The molecule has 2 fully saturated rings.